The summed E-state index contributed by atoms with van der Waals surface area (Å²) in [5.41, 5.74) is 0.432. The number of hydrazone groups is 1. The summed E-state index contributed by atoms with van der Waals surface area (Å²) in [5.74, 6) is 0.510. The van der Waals surface area contributed by atoms with Crippen LogP contribution in [0.1, 0.15) is 67.2 Å². The Morgan fingerprint density at radius 2 is 1.83 bits per heavy atom. The molecule has 2 aliphatic rings. The molecular formula is C22H39N5O2. The standard InChI is InChI=1S/C22H39N5O2/c1-15(2)27(23-7)13-16(3)21(29)24-12-17-10-18-8-9-19(11-17)26(18)14-20(28)25-22(4,5)6/h13,15,17-19H,7-12,14H2,1-6H3,(H,24,29)(H,25,28)/b16-13+/t17?,18-,19+. The maximum atomic E-state index is 12.4. The molecular weight excluding hydrogens is 366 g/mol. The molecule has 3 atom stereocenters. The van der Waals surface area contributed by atoms with E-state index in [0.717, 1.165) is 25.7 Å². The number of nitrogens with zero attached hydrogens (tertiary/aromatic N) is 3. The monoisotopic (exact) mass is 405 g/mol. The Hall–Kier alpha value is -1.89. The Kier molecular flexibility index (Phi) is 7.86. The first-order chi connectivity index (χ1) is 13.5. The molecule has 2 heterocycles. The second-order valence-electron chi connectivity index (χ2n) is 9.83. The molecule has 2 amide bonds. The third-order valence-corrected chi connectivity index (χ3v) is 5.75. The van der Waals surface area contributed by atoms with Crippen LogP contribution in [0.25, 0.3) is 0 Å². The summed E-state index contributed by atoms with van der Waals surface area (Å²) in [6.45, 7) is 16.5. The van der Waals surface area contributed by atoms with Crippen LogP contribution in [0.5, 0.6) is 0 Å². The minimum Gasteiger partial charge on any atom is -0.352 e. The number of nitrogens with one attached hydrogen (secondary N) is 2. The molecule has 0 aromatic rings. The molecule has 0 aromatic heterocycles. The van der Waals surface area contributed by atoms with Crippen LogP contribution in [0.4, 0.5) is 0 Å². The average molecular weight is 406 g/mol. The van der Waals surface area contributed by atoms with E-state index in [1.54, 1.807) is 18.1 Å². The smallest absolute Gasteiger partial charge is 0.248 e. The molecule has 2 rings (SSSR count). The Bertz CT molecular complexity index is 624. The molecule has 2 bridgehead atoms. The van der Waals surface area contributed by atoms with Gasteiger partial charge < -0.3 is 10.6 Å². The molecule has 0 spiro atoms. The van der Waals surface area contributed by atoms with Crippen LogP contribution in [0.3, 0.4) is 0 Å². The topological polar surface area (TPSA) is 77.0 Å². The highest BCUT2D eigenvalue weighted by Crippen LogP contribution is 2.38. The fourth-order valence-corrected chi connectivity index (χ4v) is 4.42. The van der Waals surface area contributed by atoms with Gasteiger partial charge in [0.1, 0.15) is 0 Å². The molecule has 164 valence electrons. The zero-order valence-corrected chi connectivity index (χ0v) is 19.0. The lowest BCUT2D eigenvalue weighted by atomic mass is 9.90. The fourth-order valence-electron chi connectivity index (χ4n) is 4.42. The molecule has 0 radical (unpaired) electrons. The van der Waals surface area contributed by atoms with Gasteiger partial charge in [0.2, 0.25) is 11.8 Å². The van der Waals surface area contributed by atoms with E-state index in [4.69, 9.17) is 0 Å². The molecule has 0 aromatic carbocycles. The number of rotatable bonds is 8. The molecule has 0 aliphatic carbocycles. The van der Waals surface area contributed by atoms with Crippen LogP contribution < -0.4 is 10.6 Å². The Labute approximate surface area is 176 Å². The fraction of sp³-hybridized carbons (Fsp3) is 0.773. The van der Waals surface area contributed by atoms with Crippen molar-refractivity contribution in [1.29, 1.82) is 0 Å². The third kappa shape index (κ3) is 6.84. The summed E-state index contributed by atoms with van der Waals surface area (Å²) in [7, 11) is 0. The lowest BCUT2D eigenvalue weighted by molar-refractivity contribution is -0.125. The van der Waals surface area contributed by atoms with E-state index in [1.165, 1.54) is 0 Å². The molecule has 2 N–H and O–H groups in total. The van der Waals surface area contributed by atoms with Gasteiger partial charge in [-0.3, -0.25) is 19.5 Å². The van der Waals surface area contributed by atoms with E-state index >= 15 is 0 Å². The number of hydrogen-bond acceptors (Lipinski definition) is 5. The maximum absolute atomic E-state index is 12.4. The van der Waals surface area contributed by atoms with E-state index < -0.39 is 0 Å². The molecule has 29 heavy (non-hydrogen) atoms. The average Bonchev–Trinajstić information content (AvgIpc) is 2.84. The van der Waals surface area contributed by atoms with Crippen LogP contribution >= 0.6 is 0 Å². The van der Waals surface area contributed by atoms with Crippen molar-refractivity contribution >= 4 is 18.5 Å². The van der Waals surface area contributed by atoms with Gasteiger partial charge in [0.05, 0.1) is 6.54 Å². The third-order valence-electron chi connectivity index (χ3n) is 5.75. The van der Waals surface area contributed by atoms with Gasteiger partial charge in [-0.1, -0.05) is 0 Å². The van der Waals surface area contributed by atoms with Crippen LogP contribution in [0, 0.1) is 5.92 Å². The van der Waals surface area contributed by atoms with E-state index in [2.05, 4.69) is 27.4 Å². The minimum absolute atomic E-state index is 0.0568. The number of piperidine rings is 1. The van der Waals surface area contributed by atoms with Crippen LogP contribution in [-0.2, 0) is 9.59 Å². The molecule has 1 unspecified atom stereocenters. The van der Waals surface area contributed by atoms with Crippen molar-refractivity contribution in [2.24, 2.45) is 11.0 Å². The lowest BCUT2D eigenvalue weighted by Crippen LogP contribution is -2.52. The van der Waals surface area contributed by atoms with E-state index in [-0.39, 0.29) is 23.4 Å². The Morgan fingerprint density at radius 3 is 2.31 bits per heavy atom. The van der Waals surface area contributed by atoms with Gasteiger partial charge >= 0.3 is 0 Å². The second-order valence-corrected chi connectivity index (χ2v) is 9.83. The SMILES string of the molecule is C=NN(/C=C(\C)C(=O)NCC1C[C@H]2CC[C@@H](C1)N2CC(=O)NC(C)(C)C)C(C)C. The highest BCUT2D eigenvalue weighted by atomic mass is 16.2. The minimum atomic E-state index is -0.198. The van der Waals surface area contributed by atoms with Gasteiger partial charge in [0, 0.05) is 48.7 Å². The molecule has 2 saturated heterocycles. The molecule has 7 nitrogen and oxygen atoms in total. The van der Waals surface area contributed by atoms with Gasteiger partial charge in [0.15, 0.2) is 0 Å². The molecule has 0 saturated carbocycles. The van der Waals surface area contributed by atoms with Gasteiger partial charge in [0.25, 0.3) is 0 Å². The van der Waals surface area contributed by atoms with E-state index in [1.807, 2.05) is 34.6 Å². The highest BCUT2D eigenvalue weighted by Gasteiger charge is 2.41. The van der Waals surface area contributed by atoms with Crippen molar-refractivity contribution in [3.05, 3.63) is 11.8 Å². The van der Waals surface area contributed by atoms with Crippen LogP contribution in [0.15, 0.2) is 16.9 Å². The second kappa shape index (κ2) is 9.74. The Balaban J connectivity index is 1.84. The number of carbonyl (C=O) groups excluding carboxylic acids is 2. The molecule has 2 aliphatic heterocycles. The number of amides is 2. The quantitative estimate of drug-likeness (QED) is 0.370. The molecule has 2 fully saturated rings. The van der Waals surface area contributed by atoms with Crippen LogP contribution in [0.2, 0.25) is 0 Å². The summed E-state index contributed by atoms with van der Waals surface area (Å²) in [5, 5.41) is 11.8. The predicted molar refractivity (Wildman–Crippen MR) is 117 cm³/mol. The van der Waals surface area contributed by atoms with Crippen molar-refractivity contribution in [3.63, 3.8) is 0 Å². The summed E-state index contributed by atoms with van der Waals surface area (Å²) < 4.78 is 0. The van der Waals surface area contributed by atoms with Crippen molar-refractivity contribution in [2.75, 3.05) is 13.1 Å². The first kappa shape index (κ1) is 23.4. The zero-order valence-electron chi connectivity index (χ0n) is 19.0. The number of fused-ring (bicyclic) bond motifs is 2. The highest BCUT2D eigenvalue weighted by molar-refractivity contribution is 5.92. The summed E-state index contributed by atoms with van der Waals surface area (Å²) in [6, 6.07) is 1.05. The first-order valence-corrected chi connectivity index (χ1v) is 10.8. The zero-order chi connectivity index (χ0) is 21.8. The van der Waals surface area contributed by atoms with Crippen molar-refractivity contribution in [1.82, 2.24) is 20.5 Å². The van der Waals surface area contributed by atoms with Gasteiger partial charge in [-0.2, -0.15) is 5.10 Å². The van der Waals surface area contributed by atoms with Gasteiger partial charge in [-0.05, 0) is 73.1 Å². The lowest BCUT2D eigenvalue weighted by Gasteiger charge is -2.39. The van der Waals surface area contributed by atoms with Crippen molar-refractivity contribution in [3.8, 4) is 0 Å². The van der Waals surface area contributed by atoms with E-state index in [9.17, 15) is 9.59 Å². The maximum Gasteiger partial charge on any atom is 0.248 e. The Morgan fingerprint density at radius 1 is 1.24 bits per heavy atom. The largest absolute Gasteiger partial charge is 0.352 e. The van der Waals surface area contributed by atoms with E-state index in [0.29, 0.717) is 36.7 Å². The summed E-state index contributed by atoms with van der Waals surface area (Å²) in [6.07, 6.45) is 6.10. The number of hydrogen-bond donors (Lipinski definition) is 2. The first-order valence-electron chi connectivity index (χ1n) is 10.8. The molecule has 7 heteroatoms. The van der Waals surface area contributed by atoms with Gasteiger partial charge in [-0.25, -0.2) is 0 Å². The summed E-state index contributed by atoms with van der Waals surface area (Å²) in [4.78, 5) is 27.2. The predicted octanol–water partition coefficient (Wildman–Crippen LogP) is 2.49. The summed E-state index contributed by atoms with van der Waals surface area (Å²) >= 11 is 0. The van der Waals surface area contributed by atoms with Crippen molar-refractivity contribution in [2.45, 2.75) is 90.9 Å². The number of carbonyl (C=O) groups is 2. The normalized spacial score (nSPS) is 25.1. The van der Waals surface area contributed by atoms with Gasteiger partial charge in [-0.15, -0.1) is 0 Å². The van der Waals surface area contributed by atoms with Crippen molar-refractivity contribution < 1.29 is 9.59 Å². The van der Waals surface area contributed by atoms with Crippen LogP contribution in [-0.4, -0.2) is 65.2 Å².